The number of hydrogen-bond acceptors (Lipinski definition) is 1. The summed E-state index contributed by atoms with van der Waals surface area (Å²) in [6.07, 6.45) is 5.46. The van der Waals surface area contributed by atoms with Gasteiger partial charge in [0.05, 0.1) is 0 Å². The molecule has 1 atom stereocenters. The maximum atomic E-state index is 3.41. The summed E-state index contributed by atoms with van der Waals surface area (Å²) in [7, 11) is 0. The Morgan fingerprint density at radius 2 is 1.59 bits per heavy atom. The molecule has 0 aromatic heterocycles. The molecule has 2 aliphatic rings. The van der Waals surface area contributed by atoms with Gasteiger partial charge in [0.1, 0.15) is 0 Å². The fourth-order valence-electron chi connectivity index (χ4n) is 1.95. The number of hydrogen-bond donors (Lipinski definition) is 1. The second-order valence-corrected chi connectivity index (χ2v) is 4.80. The first-order valence-corrected chi connectivity index (χ1v) is 7.12. The molecule has 2 aliphatic carbocycles. The van der Waals surface area contributed by atoms with Gasteiger partial charge in [0.25, 0.3) is 0 Å². The van der Waals surface area contributed by atoms with Crippen LogP contribution in [0.5, 0.6) is 0 Å². The van der Waals surface area contributed by atoms with Crippen molar-refractivity contribution in [2.24, 2.45) is 5.92 Å². The molecule has 0 aromatic rings. The molecule has 0 fully saturated rings. The van der Waals surface area contributed by atoms with Crippen LogP contribution in [0, 0.1) is 5.92 Å². The number of rotatable bonds is 7. The van der Waals surface area contributed by atoms with Crippen LogP contribution in [-0.4, -0.2) is 13.1 Å². The Morgan fingerprint density at radius 3 is 1.88 bits per heavy atom. The molecule has 1 nitrogen and oxygen atoms in total. The van der Waals surface area contributed by atoms with Gasteiger partial charge in [-0.3, -0.25) is 0 Å². The van der Waals surface area contributed by atoms with Crippen LogP contribution in [0.25, 0.3) is 11.1 Å². The average Bonchev–Trinajstić information content (AvgIpc) is 2.35. The van der Waals surface area contributed by atoms with Gasteiger partial charge in [-0.25, -0.2) is 0 Å². The summed E-state index contributed by atoms with van der Waals surface area (Å²) < 4.78 is 0. The zero-order valence-corrected chi connectivity index (χ0v) is 11.6. The minimum Gasteiger partial charge on any atom is -0.317 e. The van der Waals surface area contributed by atoms with Crippen molar-refractivity contribution in [2.75, 3.05) is 13.1 Å². The molecule has 1 unspecified atom stereocenters. The zero-order valence-electron chi connectivity index (χ0n) is 11.6. The highest BCUT2D eigenvalue weighted by Crippen LogP contribution is 2.29. The van der Waals surface area contributed by atoms with E-state index in [1.165, 1.54) is 43.4 Å². The Bertz CT molecular complexity index is 260. The minimum atomic E-state index is 0.912. The van der Waals surface area contributed by atoms with E-state index in [9.17, 15) is 0 Å². The van der Waals surface area contributed by atoms with Gasteiger partial charge in [-0.1, -0.05) is 64.3 Å². The van der Waals surface area contributed by atoms with Crippen molar-refractivity contribution < 1.29 is 0 Å². The predicted octanol–water partition coefficient (Wildman–Crippen LogP) is 4.48. The molecule has 0 radical (unpaired) electrons. The molecule has 0 amide bonds. The van der Waals surface area contributed by atoms with E-state index in [1.807, 2.05) is 0 Å². The van der Waals surface area contributed by atoms with Crippen LogP contribution < -0.4 is 5.32 Å². The Hall–Kier alpha value is -0.820. The summed E-state index contributed by atoms with van der Waals surface area (Å²) >= 11 is 0. The average molecular weight is 233 g/mol. The molecule has 0 saturated carbocycles. The normalized spacial score (nSPS) is 12.6. The van der Waals surface area contributed by atoms with Gasteiger partial charge in [-0.15, -0.1) is 0 Å². The van der Waals surface area contributed by atoms with Crippen molar-refractivity contribution in [3.05, 3.63) is 24.3 Å². The van der Waals surface area contributed by atoms with Crippen LogP contribution in [0.4, 0.5) is 0 Å². The fourth-order valence-corrected chi connectivity index (χ4v) is 1.95. The SMILES string of the molecule is CCCCC(CC)CNCC.c1cc2ccc1-2. The summed E-state index contributed by atoms with van der Waals surface area (Å²) in [5.74, 6) is 0.912. The summed E-state index contributed by atoms with van der Waals surface area (Å²) in [5.41, 5.74) is 2.85. The lowest BCUT2D eigenvalue weighted by atomic mass is 9.95. The third-order valence-corrected chi connectivity index (χ3v) is 3.44. The van der Waals surface area contributed by atoms with Crippen LogP contribution in [0.1, 0.15) is 46.5 Å². The molecule has 2 rings (SSSR count). The minimum absolute atomic E-state index is 0.912. The van der Waals surface area contributed by atoms with Crippen molar-refractivity contribution in [1.29, 1.82) is 0 Å². The molecule has 0 aliphatic heterocycles. The molecule has 1 heteroatoms. The van der Waals surface area contributed by atoms with E-state index in [2.05, 4.69) is 50.4 Å². The van der Waals surface area contributed by atoms with Crippen LogP contribution in [0.2, 0.25) is 0 Å². The molecular formula is C16H27N. The number of unbranched alkanes of at least 4 members (excludes halogenated alkanes) is 1. The molecule has 0 bridgehead atoms. The predicted molar refractivity (Wildman–Crippen MR) is 77.3 cm³/mol. The molecule has 0 heterocycles. The summed E-state index contributed by atoms with van der Waals surface area (Å²) in [5, 5.41) is 3.41. The van der Waals surface area contributed by atoms with Gasteiger partial charge in [0.2, 0.25) is 0 Å². The van der Waals surface area contributed by atoms with Crippen molar-refractivity contribution in [3.63, 3.8) is 0 Å². The van der Waals surface area contributed by atoms with Crippen LogP contribution in [0.15, 0.2) is 24.3 Å². The first-order valence-electron chi connectivity index (χ1n) is 7.12. The first-order chi connectivity index (χ1) is 8.31. The van der Waals surface area contributed by atoms with Crippen molar-refractivity contribution in [3.8, 4) is 11.1 Å². The Labute approximate surface area is 107 Å². The molecule has 0 spiro atoms. The van der Waals surface area contributed by atoms with E-state index < -0.39 is 0 Å². The molecule has 0 aromatic carbocycles. The van der Waals surface area contributed by atoms with Gasteiger partial charge in [0.15, 0.2) is 0 Å². The second kappa shape index (κ2) is 8.30. The maximum absolute atomic E-state index is 3.41. The smallest absolute Gasteiger partial charge is 0.00207 e. The molecular weight excluding hydrogens is 206 g/mol. The topological polar surface area (TPSA) is 12.0 Å². The second-order valence-electron chi connectivity index (χ2n) is 4.80. The van der Waals surface area contributed by atoms with E-state index in [4.69, 9.17) is 0 Å². The quantitative estimate of drug-likeness (QED) is 0.743. The number of benzene rings is 1. The number of fused-ring (bicyclic) bond motifs is 1. The van der Waals surface area contributed by atoms with Gasteiger partial charge < -0.3 is 5.32 Å². The van der Waals surface area contributed by atoms with Crippen molar-refractivity contribution in [1.82, 2.24) is 5.32 Å². The van der Waals surface area contributed by atoms with Gasteiger partial charge in [-0.05, 0) is 36.6 Å². The standard InChI is InChI=1S/C10H23N.C6H4/c1-4-7-8-10(5-2)9-11-6-3;1-2-6-4-3-5(1)6/h10-11H,4-9H2,1-3H3;1-4H. The zero-order chi connectivity index (χ0) is 12.5. The first kappa shape index (κ1) is 14.2. The summed E-state index contributed by atoms with van der Waals surface area (Å²) in [6, 6.07) is 8.48. The van der Waals surface area contributed by atoms with E-state index in [-0.39, 0.29) is 0 Å². The van der Waals surface area contributed by atoms with Gasteiger partial charge in [0, 0.05) is 0 Å². The van der Waals surface area contributed by atoms with Crippen molar-refractivity contribution in [2.45, 2.75) is 46.5 Å². The highest BCUT2D eigenvalue weighted by Gasteiger charge is 2.04. The van der Waals surface area contributed by atoms with E-state index in [1.54, 1.807) is 0 Å². The van der Waals surface area contributed by atoms with Crippen LogP contribution in [-0.2, 0) is 0 Å². The lowest BCUT2D eigenvalue weighted by molar-refractivity contribution is 0.424. The van der Waals surface area contributed by atoms with Crippen LogP contribution in [0.3, 0.4) is 0 Å². The lowest BCUT2D eigenvalue weighted by Crippen LogP contribution is -2.21. The maximum Gasteiger partial charge on any atom is -0.00207 e. The molecule has 1 N–H and O–H groups in total. The molecule has 17 heavy (non-hydrogen) atoms. The Morgan fingerprint density at radius 1 is 1.00 bits per heavy atom. The Balaban J connectivity index is 0.000000196. The fraction of sp³-hybridized carbons (Fsp3) is 0.625. The lowest BCUT2D eigenvalue weighted by Gasteiger charge is -2.13. The Kier molecular flexibility index (Phi) is 6.95. The van der Waals surface area contributed by atoms with E-state index in [0.29, 0.717) is 0 Å². The number of nitrogens with one attached hydrogen (secondary N) is 1. The summed E-state index contributed by atoms with van der Waals surface area (Å²) in [6.45, 7) is 9.06. The molecule has 0 saturated heterocycles. The van der Waals surface area contributed by atoms with E-state index in [0.717, 1.165) is 12.5 Å². The molecule has 96 valence electrons. The third-order valence-electron chi connectivity index (χ3n) is 3.44. The third kappa shape index (κ3) is 4.91. The highest BCUT2D eigenvalue weighted by atomic mass is 14.8. The van der Waals surface area contributed by atoms with Crippen molar-refractivity contribution >= 4 is 0 Å². The van der Waals surface area contributed by atoms with Gasteiger partial charge >= 0.3 is 0 Å². The van der Waals surface area contributed by atoms with Gasteiger partial charge in [-0.2, -0.15) is 0 Å². The van der Waals surface area contributed by atoms with Crippen LogP contribution >= 0.6 is 0 Å². The van der Waals surface area contributed by atoms with E-state index >= 15 is 0 Å². The highest BCUT2D eigenvalue weighted by molar-refractivity contribution is 5.75. The largest absolute Gasteiger partial charge is 0.317 e. The monoisotopic (exact) mass is 233 g/mol. The summed E-state index contributed by atoms with van der Waals surface area (Å²) in [4.78, 5) is 0.